The second-order valence-corrected chi connectivity index (χ2v) is 17.7. The molecule has 0 N–H and O–H groups in total. The molecule has 0 aromatic heterocycles. The van der Waals surface area contributed by atoms with Gasteiger partial charge in [-0.05, 0) is 97.7 Å². The van der Waals surface area contributed by atoms with Crippen molar-refractivity contribution in [3.63, 3.8) is 0 Å². The summed E-state index contributed by atoms with van der Waals surface area (Å²) in [5.74, 6) is 0.0385. The van der Waals surface area contributed by atoms with Gasteiger partial charge in [-0.1, -0.05) is 180 Å². The highest BCUT2D eigenvalue weighted by molar-refractivity contribution is 5.76. The van der Waals surface area contributed by atoms with Gasteiger partial charge in [0.05, 0.1) is 12.0 Å². The van der Waals surface area contributed by atoms with E-state index in [1.54, 1.807) is 0 Å². The van der Waals surface area contributed by atoms with E-state index in [-0.39, 0.29) is 27.6 Å². The first-order chi connectivity index (χ1) is 22.6. The van der Waals surface area contributed by atoms with Crippen molar-refractivity contribution in [3.8, 4) is 0 Å². The quantitative estimate of drug-likeness (QED) is 0.0737. The molecule has 0 saturated carbocycles. The molecule has 0 radical (unpaired) electrons. The molecule has 0 fully saturated rings. The van der Waals surface area contributed by atoms with Crippen LogP contribution in [0.5, 0.6) is 0 Å². The van der Waals surface area contributed by atoms with Gasteiger partial charge in [0.25, 0.3) is 0 Å². The molecule has 0 saturated heterocycles. The highest BCUT2D eigenvalue weighted by Crippen LogP contribution is 2.64. The predicted molar refractivity (Wildman–Crippen MR) is 216 cm³/mol. The van der Waals surface area contributed by atoms with E-state index in [0.717, 1.165) is 12.8 Å². The normalized spacial score (nSPS) is 16.1. The maximum absolute atomic E-state index is 14.1. The van der Waals surface area contributed by atoms with Gasteiger partial charge in [0.15, 0.2) is 0 Å². The van der Waals surface area contributed by atoms with Crippen LogP contribution >= 0.6 is 0 Å². The lowest BCUT2D eigenvalue weighted by molar-refractivity contribution is -0.159. The summed E-state index contributed by atoms with van der Waals surface area (Å²) in [6.07, 6.45) is 25.6. The van der Waals surface area contributed by atoms with Gasteiger partial charge in [0, 0.05) is 0 Å². The van der Waals surface area contributed by atoms with Gasteiger partial charge in [-0.25, -0.2) is 0 Å². The number of rotatable bonds is 29. The second-order valence-electron chi connectivity index (χ2n) is 17.7. The minimum atomic E-state index is -0.481. The Bertz CT molecular complexity index is 808. The Labute approximate surface area is 304 Å². The molecule has 48 heavy (non-hydrogen) atoms. The van der Waals surface area contributed by atoms with Crippen LogP contribution in [-0.2, 0) is 9.53 Å². The summed E-state index contributed by atoms with van der Waals surface area (Å²) in [6.45, 7) is 39.1. The van der Waals surface area contributed by atoms with E-state index in [1.807, 2.05) is 6.92 Å². The van der Waals surface area contributed by atoms with Gasteiger partial charge in [-0.3, -0.25) is 4.79 Å². The van der Waals surface area contributed by atoms with Crippen LogP contribution in [0.3, 0.4) is 0 Å². The summed E-state index contributed by atoms with van der Waals surface area (Å²) in [7, 11) is 0. The number of esters is 1. The Morgan fingerprint density at radius 1 is 0.375 bits per heavy atom. The first kappa shape index (κ1) is 47.5. The van der Waals surface area contributed by atoms with Crippen molar-refractivity contribution in [2.24, 2.45) is 37.9 Å². The molecule has 2 atom stereocenters. The van der Waals surface area contributed by atoms with E-state index in [4.69, 9.17) is 4.74 Å². The minimum absolute atomic E-state index is 0.0385. The van der Waals surface area contributed by atoms with Gasteiger partial charge < -0.3 is 4.74 Å². The second kappa shape index (κ2) is 21.1. The first-order valence-corrected chi connectivity index (χ1v) is 21.7. The zero-order valence-electron chi connectivity index (χ0n) is 36.4. The maximum atomic E-state index is 14.1. The predicted octanol–water partition coefficient (Wildman–Crippen LogP) is 15.9. The molecule has 0 aliphatic heterocycles. The highest BCUT2D eigenvalue weighted by Gasteiger charge is 2.54. The molecule has 2 nitrogen and oxygen atoms in total. The SMILES string of the molecule is CCCC(CC)(CC)CC(CC)(CC(CC)(CC)CC)CC(CC(CC)(CC)CC)(CC(CC)(CC)CC)CC(C)(CC)C(=O)OCC. The number of hydrogen-bond donors (Lipinski definition) is 0. The summed E-state index contributed by atoms with van der Waals surface area (Å²) < 4.78 is 5.96. The van der Waals surface area contributed by atoms with Crippen molar-refractivity contribution in [2.45, 2.75) is 246 Å². The smallest absolute Gasteiger partial charge is 0.311 e. The van der Waals surface area contributed by atoms with Crippen LogP contribution < -0.4 is 0 Å². The average molecular weight is 677 g/mol. The van der Waals surface area contributed by atoms with Crippen molar-refractivity contribution in [3.05, 3.63) is 0 Å². The maximum Gasteiger partial charge on any atom is 0.311 e. The zero-order chi connectivity index (χ0) is 37.3. The molecule has 0 aliphatic carbocycles. The fourth-order valence-corrected chi connectivity index (χ4v) is 11.2. The largest absolute Gasteiger partial charge is 0.466 e. The topological polar surface area (TPSA) is 26.3 Å². The van der Waals surface area contributed by atoms with E-state index in [9.17, 15) is 4.79 Å². The molecule has 288 valence electrons. The van der Waals surface area contributed by atoms with E-state index in [0.29, 0.717) is 17.4 Å². The summed E-state index contributed by atoms with van der Waals surface area (Å²) in [6, 6.07) is 0. The Balaban J connectivity index is 8.36. The number of hydrogen-bond acceptors (Lipinski definition) is 2. The Morgan fingerprint density at radius 2 is 0.667 bits per heavy atom. The van der Waals surface area contributed by atoms with Gasteiger partial charge in [-0.2, -0.15) is 0 Å². The van der Waals surface area contributed by atoms with Crippen LogP contribution in [0.2, 0.25) is 0 Å². The molecule has 0 bridgehead atoms. The number of ether oxygens (including phenoxy) is 1. The van der Waals surface area contributed by atoms with Crippen LogP contribution in [0.15, 0.2) is 0 Å². The fraction of sp³-hybridized carbons (Fsp3) is 0.978. The standard InChI is InChI=1S/C46H92O2/c1-17-32-44(28-12,29-13)37-45(30-14,34-41(19-3,20-4)21-5)38-46(35-42(22-6,23-7)24-8,36-43(25-9,26-10)27-11)33-40(16,18-2)39(47)48-31-15/h17-38H2,1-16H3. The van der Waals surface area contributed by atoms with Gasteiger partial charge >= 0.3 is 5.97 Å². The highest BCUT2D eigenvalue weighted by atomic mass is 16.5. The average Bonchev–Trinajstić information content (AvgIpc) is 3.11. The van der Waals surface area contributed by atoms with Gasteiger partial charge in [0.1, 0.15) is 0 Å². The lowest BCUT2D eigenvalue weighted by atomic mass is 9.48. The van der Waals surface area contributed by atoms with Crippen LogP contribution in [0.25, 0.3) is 0 Å². The van der Waals surface area contributed by atoms with E-state index in [2.05, 4.69) is 104 Å². The number of carbonyl (C=O) groups is 1. The monoisotopic (exact) mass is 677 g/mol. The van der Waals surface area contributed by atoms with Crippen LogP contribution in [0.1, 0.15) is 246 Å². The third-order valence-corrected chi connectivity index (χ3v) is 15.8. The molecule has 0 aliphatic rings. The molecule has 2 unspecified atom stereocenters. The fourth-order valence-electron chi connectivity index (χ4n) is 11.2. The first-order valence-electron chi connectivity index (χ1n) is 21.7. The third kappa shape index (κ3) is 11.8. The number of carbonyl (C=O) groups excluding carboxylic acids is 1. The minimum Gasteiger partial charge on any atom is -0.466 e. The lowest BCUT2D eigenvalue weighted by Gasteiger charge is -2.57. The van der Waals surface area contributed by atoms with Crippen molar-refractivity contribution < 1.29 is 9.53 Å². The van der Waals surface area contributed by atoms with Crippen molar-refractivity contribution in [1.82, 2.24) is 0 Å². The Hall–Kier alpha value is -0.530. The van der Waals surface area contributed by atoms with E-state index < -0.39 is 5.41 Å². The van der Waals surface area contributed by atoms with E-state index >= 15 is 0 Å². The summed E-state index contributed by atoms with van der Waals surface area (Å²) in [5.41, 5.74) is 1.12. The molecule has 0 heterocycles. The van der Waals surface area contributed by atoms with Gasteiger partial charge in [-0.15, -0.1) is 0 Å². The van der Waals surface area contributed by atoms with Crippen molar-refractivity contribution in [2.75, 3.05) is 6.61 Å². The van der Waals surface area contributed by atoms with Crippen LogP contribution in [0, 0.1) is 37.9 Å². The van der Waals surface area contributed by atoms with E-state index in [1.165, 1.54) is 122 Å². The Kier molecular flexibility index (Phi) is 20.9. The lowest BCUT2D eigenvalue weighted by Crippen LogP contribution is -2.47. The molecular weight excluding hydrogens is 585 g/mol. The molecular formula is C46H92O2. The summed E-state index contributed by atoms with van der Waals surface area (Å²) >= 11 is 0. The van der Waals surface area contributed by atoms with Crippen LogP contribution in [-0.4, -0.2) is 12.6 Å². The Morgan fingerprint density at radius 3 is 0.938 bits per heavy atom. The summed E-state index contributed by atoms with van der Waals surface area (Å²) in [4.78, 5) is 14.1. The molecule has 0 aromatic carbocycles. The molecule has 2 heteroatoms. The summed E-state index contributed by atoms with van der Waals surface area (Å²) in [5, 5.41) is 0. The van der Waals surface area contributed by atoms with Crippen molar-refractivity contribution in [1.29, 1.82) is 0 Å². The van der Waals surface area contributed by atoms with Crippen molar-refractivity contribution >= 4 is 5.97 Å². The zero-order valence-corrected chi connectivity index (χ0v) is 36.4. The molecule has 0 aromatic rings. The molecule has 0 rings (SSSR count). The van der Waals surface area contributed by atoms with Crippen LogP contribution in [0.4, 0.5) is 0 Å². The van der Waals surface area contributed by atoms with Gasteiger partial charge in [0.2, 0.25) is 0 Å². The molecule has 0 spiro atoms. The third-order valence-electron chi connectivity index (χ3n) is 15.8. The molecule has 0 amide bonds.